The van der Waals surface area contributed by atoms with Crippen LogP contribution in [0.3, 0.4) is 0 Å². The van der Waals surface area contributed by atoms with E-state index in [0.29, 0.717) is 12.2 Å². The Morgan fingerprint density at radius 3 is 2.69 bits per heavy atom. The molecule has 1 amide bonds. The summed E-state index contributed by atoms with van der Waals surface area (Å²) in [5.74, 6) is -0.378. The molecule has 0 spiro atoms. The van der Waals surface area contributed by atoms with Crippen LogP contribution >= 0.6 is 0 Å². The maximum atomic E-state index is 13.3. The summed E-state index contributed by atoms with van der Waals surface area (Å²) in [6.07, 6.45) is 0. The number of nitro benzene ring substituents is 1. The molecule has 0 saturated heterocycles. The molecule has 0 saturated carbocycles. The predicted octanol–water partition coefficient (Wildman–Crippen LogP) is 1.78. The summed E-state index contributed by atoms with van der Waals surface area (Å²) < 4.78 is 18.4. The number of hydrogen-bond donors (Lipinski definition) is 2. The summed E-state index contributed by atoms with van der Waals surface area (Å²) in [4.78, 5) is 23.7. The van der Waals surface area contributed by atoms with E-state index in [9.17, 15) is 19.3 Å². The Morgan fingerprint density at radius 2 is 2.08 bits per heavy atom. The fourth-order valence-electron chi connectivity index (χ4n) is 2.48. The lowest BCUT2D eigenvalue weighted by atomic mass is 10.1. The largest absolute Gasteiger partial charge is 0.494 e. The second kappa shape index (κ2) is 8.39. The molecule has 8 heteroatoms. The molecule has 2 atom stereocenters. The van der Waals surface area contributed by atoms with Crippen molar-refractivity contribution in [2.75, 3.05) is 19.5 Å². The maximum absolute atomic E-state index is 13.3. The molecule has 0 bridgehead atoms. The highest BCUT2D eigenvalue weighted by molar-refractivity contribution is 5.95. The molecule has 2 aromatic carbocycles. The van der Waals surface area contributed by atoms with Crippen molar-refractivity contribution in [1.29, 1.82) is 0 Å². The summed E-state index contributed by atoms with van der Waals surface area (Å²) in [5, 5.41) is 13.6. The number of non-ortho nitro benzene ring substituents is 1. The number of benzene rings is 2. The first-order chi connectivity index (χ1) is 12.3. The highest BCUT2D eigenvalue weighted by Crippen LogP contribution is 2.28. The minimum absolute atomic E-state index is 0.123. The molecule has 1 unspecified atom stereocenters. The Hall–Kier alpha value is -3.00. The van der Waals surface area contributed by atoms with Gasteiger partial charge < -0.3 is 15.0 Å². The van der Waals surface area contributed by atoms with Gasteiger partial charge in [-0.15, -0.1) is 0 Å². The van der Waals surface area contributed by atoms with Crippen LogP contribution in [0.25, 0.3) is 0 Å². The summed E-state index contributed by atoms with van der Waals surface area (Å²) >= 11 is 0. The third-order valence-electron chi connectivity index (χ3n) is 4.16. The van der Waals surface area contributed by atoms with E-state index in [-0.39, 0.29) is 23.2 Å². The topological polar surface area (TPSA) is 85.9 Å². The molecule has 0 heterocycles. The van der Waals surface area contributed by atoms with E-state index in [2.05, 4.69) is 5.32 Å². The molecule has 0 aromatic heterocycles. The quantitative estimate of drug-likeness (QED) is 0.581. The van der Waals surface area contributed by atoms with Crippen molar-refractivity contribution in [3.63, 3.8) is 0 Å². The SMILES string of the molecule is COc1cc([N+](=O)[O-])ccc1NC(=O)[C@H](C)[NH+](C)Cc1cccc(F)c1. The van der Waals surface area contributed by atoms with Gasteiger partial charge in [0.25, 0.3) is 11.6 Å². The number of ether oxygens (including phenoxy) is 1. The third-order valence-corrected chi connectivity index (χ3v) is 4.16. The van der Waals surface area contributed by atoms with E-state index in [1.54, 1.807) is 19.1 Å². The van der Waals surface area contributed by atoms with Crippen LogP contribution in [0.15, 0.2) is 42.5 Å². The number of hydrogen-bond acceptors (Lipinski definition) is 4. The minimum Gasteiger partial charge on any atom is -0.494 e. The molecular weight excluding hydrogens is 341 g/mol. The average Bonchev–Trinajstić information content (AvgIpc) is 2.61. The van der Waals surface area contributed by atoms with Gasteiger partial charge in [0.1, 0.15) is 18.1 Å². The number of likely N-dealkylation sites (N-methyl/N-ethyl adjacent to an activating group) is 1. The number of nitro groups is 1. The zero-order valence-corrected chi connectivity index (χ0v) is 14.8. The van der Waals surface area contributed by atoms with Gasteiger partial charge in [-0.05, 0) is 25.1 Å². The number of methoxy groups -OCH3 is 1. The van der Waals surface area contributed by atoms with E-state index < -0.39 is 11.0 Å². The standard InChI is InChI=1S/C18H20FN3O4/c1-12(21(2)11-13-5-4-6-14(19)9-13)18(23)20-16-8-7-15(22(24)25)10-17(16)26-3/h4-10,12H,11H2,1-3H3,(H,20,23)/p+1/t12-/m0/s1. The van der Waals surface area contributed by atoms with Gasteiger partial charge in [0.2, 0.25) is 0 Å². The van der Waals surface area contributed by atoms with Crippen LogP contribution in [0.2, 0.25) is 0 Å². The Labute approximate surface area is 150 Å². The number of nitrogens with zero attached hydrogens (tertiary/aromatic N) is 1. The van der Waals surface area contributed by atoms with E-state index in [4.69, 9.17) is 4.74 Å². The molecular formula is C18H21FN3O4+. The Morgan fingerprint density at radius 1 is 1.35 bits per heavy atom. The van der Waals surface area contributed by atoms with Crippen LogP contribution in [-0.4, -0.2) is 31.0 Å². The highest BCUT2D eigenvalue weighted by Gasteiger charge is 2.23. The number of nitrogens with one attached hydrogen (secondary N) is 2. The van der Waals surface area contributed by atoms with Crippen molar-refractivity contribution in [3.8, 4) is 5.75 Å². The van der Waals surface area contributed by atoms with Crippen molar-refractivity contribution in [2.24, 2.45) is 0 Å². The summed E-state index contributed by atoms with van der Waals surface area (Å²) in [6, 6.07) is 9.79. The van der Waals surface area contributed by atoms with Crippen molar-refractivity contribution in [3.05, 3.63) is 64.0 Å². The minimum atomic E-state index is -0.534. The van der Waals surface area contributed by atoms with Gasteiger partial charge in [0, 0.05) is 11.6 Å². The van der Waals surface area contributed by atoms with Gasteiger partial charge >= 0.3 is 0 Å². The monoisotopic (exact) mass is 362 g/mol. The Kier molecular flexibility index (Phi) is 6.24. The molecule has 2 N–H and O–H groups in total. The highest BCUT2D eigenvalue weighted by atomic mass is 19.1. The Balaban J connectivity index is 2.07. The van der Waals surface area contributed by atoms with E-state index in [1.165, 1.54) is 37.4 Å². The predicted molar refractivity (Wildman–Crippen MR) is 94.7 cm³/mol. The molecule has 0 aliphatic rings. The number of halogens is 1. The fourth-order valence-corrected chi connectivity index (χ4v) is 2.48. The smallest absolute Gasteiger partial charge is 0.282 e. The third kappa shape index (κ3) is 4.76. The summed E-state index contributed by atoms with van der Waals surface area (Å²) in [6.45, 7) is 2.23. The lowest BCUT2D eigenvalue weighted by molar-refractivity contribution is -0.907. The molecule has 7 nitrogen and oxygen atoms in total. The average molecular weight is 362 g/mol. The van der Waals surface area contributed by atoms with Crippen molar-refractivity contribution >= 4 is 17.3 Å². The second-order valence-corrected chi connectivity index (χ2v) is 6.01. The van der Waals surface area contributed by atoms with Crippen LogP contribution in [0, 0.1) is 15.9 Å². The second-order valence-electron chi connectivity index (χ2n) is 6.01. The zero-order valence-electron chi connectivity index (χ0n) is 14.8. The van der Waals surface area contributed by atoms with Crippen LogP contribution in [0.5, 0.6) is 5.75 Å². The number of amides is 1. The van der Waals surface area contributed by atoms with Crippen LogP contribution in [-0.2, 0) is 11.3 Å². The lowest BCUT2D eigenvalue weighted by Crippen LogP contribution is -3.12. The molecule has 0 aliphatic carbocycles. The zero-order chi connectivity index (χ0) is 19.3. The number of carbonyl (C=O) groups is 1. The van der Waals surface area contributed by atoms with E-state index in [1.807, 2.05) is 7.05 Å². The van der Waals surface area contributed by atoms with Crippen LogP contribution in [0.1, 0.15) is 12.5 Å². The first kappa shape index (κ1) is 19.3. The van der Waals surface area contributed by atoms with Gasteiger partial charge in [0.15, 0.2) is 6.04 Å². The van der Waals surface area contributed by atoms with Crippen LogP contribution in [0.4, 0.5) is 15.8 Å². The lowest BCUT2D eigenvalue weighted by Gasteiger charge is -2.21. The maximum Gasteiger partial charge on any atom is 0.282 e. The number of carbonyl (C=O) groups excluding carboxylic acids is 1. The van der Waals surface area contributed by atoms with Gasteiger partial charge in [-0.25, -0.2) is 4.39 Å². The van der Waals surface area contributed by atoms with Gasteiger partial charge in [0.05, 0.1) is 30.8 Å². The van der Waals surface area contributed by atoms with Gasteiger partial charge in [-0.1, -0.05) is 12.1 Å². The molecule has 2 rings (SSSR count). The fraction of sp³-hybridized carbons (Fsp3) is 0.278. The van der Waals surface area contributed by atoms with Gasteiger partial charge in [-0.2, -0.15) is 0 Å². The van der Waals surface area contributed by atoms with Gasteiger partial charge in [-0.3, -0.25) is 14.9 Å². The molecule has 26 heavy (non-hydrogen) atoms. The normalized spacial score (nSPS) is 12.9. The first-order valence-electron chi connectivity index (χ1n) is 8.02. The number of anilines is 1. The molecule has 2 aromatic rings. The first-order valence-corrected chi connectivity index (χ1v) is 8.02. The summed E-state index contributed by atoms with van der Waals surface area (Å²) in [5.41, 5.74) is 1.02. The molecule has 138 valence electrons. The van der Waals surface area contributed by atoms with Crippen LogP contribution < -0.4 is 15.0 Å². The van der Waals surface area contributed by atoms with E-state index >= 15 is 0 Å². The summed E-state index contributed by atoms with van der Waals surface area (Å²) in [7, 11) is 3.21. The van der Waals surface area contributed by atoms with Crippen molar-refractivity contribution in [2.45, 2.75) is 19.5 Å². The molecule has 0 radical (unpaired) electrons. The number of rotatable bonds is 7. The van der Waals surface area contributed by atoms with Crippen molar-refractivity contribution in [1.82, 2.24) is 0 Å². The molecule has 0 fully saturated rings. The van der Waals surface area contributed by atoms with E-state index in [0.717, 1.165) is 10.5 Å². The van der Waals surface area contributed by atoms with Crippen molar-refractivity contribution < 1.29 is 23.7 Å². The number of quaternary nitrogens is 1. The molecule has 0 aliphatic heterocycles. The Bertz CT molecular complexity index is 813.